The molecule has 7 heteroatoms. The number of fused-ring (bicyclic) bond motifs is 1. The summed E-state index contributed by atoms with van der Waals surface area (Å²) in [4.78, 5) is 28.7. The summed E-state index contributed by atoms with van der Waals surface area (Å²) in [5.74, 6) is -1.05. The highest BCUT2D eigenvalue weighted by Crippen LogP contribution is 2.42. The number of aliphatic carboxylic acids is 1. The zero-order valence-corrected chi connectivity index (χ0v) is 14.7. The molecule has 3 fully saturated rings. The Balaban J connectivity index is 1.48. The quantitative estimate of drug-likeness (QED) is 0.869. The molecule has 3 aliphatic heterocycles. The molecule has 3 heterocycles. The fraction of sp³-hybridized carbons (Fsp3) is 0.579. The van der Waals surface area contributed by atoms with Gasteiger partial charge in [-0.05, 0) is 30.7 Å². The van der Waals surface area contributed by atoms with Crippen molar-refractivity contribution >= 4 is 17.6 Å². The van der Waals surface area contributed by atoms with Gasteiger partial charge in [0.05, 0.1) is 25.2 Å². The molecule has 26 heavy (non-hydrogen) atoms. The van der Waals surface area contributed by atoms with E-state index in [2.05, 4.69) is 4.90 Å². The van der Waals surface area contributed by atoms with Crippen molar-refractivity contribution in [2.75, 3.05) is 57.5 Å². The maximum atomic E-state index is 12.9. The van der Waals surface area contributed by atoms with Crippen LogP contribution in [0.5, 0.6) is 0 Å². The van der Waals surface area contributed by atoms with Crippen molar-refractivity contribution in [1.82, 2.24) is 4.90 Å². The van der Waals surface area contributed by atoms with Gasteiger partial charge in [-0.15, -0.1) is 0 Å². The monoisotopic (exact) mass is 360 g/mol. The van der Waals surface area contributed by atoms with E-state index in [1.54, 1.807) is 4.90 Å². The van der Waals surface area contributed by atoms with E-state index in [-0.39, 0.29) is 18.4 Å². The van der Waals surface area contributed by atoms with Gasteiger partial charge in [0.1, 0.15) is 0 Å². The Kier molecular flexibility index (Phi) is 4.58. The highest BCUT2D eigenvalue weighted by Gasteiger charge is 2.54. The first-order chi connectivity index (χ1) is 12.6. The van der Waals surface area contributed by atoms with Gasteiger partial charge in [0.25, 0.3) is 5.91 Å². The summed E-state index contributed by atoms with van der Waals surface area (Å²) < 4.78 is 10.8. The molecule has 0 spiro atoms. The molecule has 2 atom stereocenters. The lowest BCUT2D eigenvalue weighted by atomic mass is 9.74. The molecule has 140 valence electrons. The van der Waals surface area contributed by atoms with Gasteiger partial charge in [0, 0.05) is 50.0 Å². The smallest absolute Gasteiger partial charge is 0.311 e. The normalized spacial score (nSPS) is 28.7. The van der Waals surface area contributed by atoms with Gasteiger partial charge in [0.2, 0.25) is 0 Å². The zero-order chi connectivity index (χ0) is 18.1. The fourth-order valence-electron chi connectivity index (χ4n) is 4.27. The molecule has 1 aromatic carbocycles. The van der Waals surface area contributed by atoms with E-state index in [0.29, 0.717) is 31.7 Å². The van der Waals surface area contributed by atoms with Crippen LogP contribution < -0.4 is 4.90 Å². The summed E-state index contributed by atoms with van der Waals surface area (Å²) in [5, 5.41) is 9.74. The second-order valence-electron chi connectivity index (χ2n) is 7.32. The van der Waals surface area contributed by atoms with E-state index < -0.39 is 11.4 Å². The standard InChI is InChI=1S/C19H24N2O5/c22-17(14-1-3-16(4-2-14)20-6-9-25-10-7-20)21-11-15-12-26-8-5-19(15,13-21)18(23)24/h1-4,15H,5-13H2,(H,23,24)/t15-,19+/m0/s1. The number of hydrogen-bond acceptors (Lipinski definition) is 5. The van der Waals surface area contributed by atoms with Gasteiger partial charge in [0.15, 0.2) is 0 Å². The summed E-state index contributed by atoms with van der Waals surface area (Å²) in [7, 11) is 0. The third-order valence-electron chi connectivity index (χ3n) is 5.91. The van der Waals surface area contributed by atoms with Crippen molar-refractivity contribution in [3.63, 3.8) is 0 Å². The van der Waals surface area contributed by atoms with Gasteiger partial charge >= 0.3 is 5.97 Å². The van der Waals surface area contributed by atoms with Crippen molar-refractivity contribution < 1.29 is 24.2 Å². The predicted octanol–water partition coefficient (Wildman–Crippen LogP) is 1.09. The number of rotatable bonds is 3. The van der Waals surface area contributed by atoms with Crippen molar-refractivity contribution in [1.29, 1.82) is 0 Å². The zero-order valence-electron chi connectivity index (χ0n) is 14.7. The largest absolute Gasteiger partial charge is 0.481 e. The molecule has 0 unspecified atom stereocenters. The first kappa shape index (κ1) is 17.3. The molecular weight excluding hydrogens is 336 g/mol. The third kappa shape index (κ3) is 2.95. The third-order valence-corrected chi connectivity index (χ3v) is 5.91. The minimum atomic E-state index is -0.859. The minimum Gasteiger partial charge on any atom is -0.481 e. The second-order valence-corrected chi connectivity index (χ2v) is 7.32. The Morgan fingerprint density at radius 1 is 1.08 bits per heavy atom. The molecule has 3 saturated heterocycles. The Morgan fingerprint density at radius 3 is 2.46 bits per heavy atom. The van der Waals surface area contributed by atoms with Crippen molar-refractivity contribution in [2.45, 2.75) is 6.42 Å². The highest BCUT2D eigenvalue weighted by molar-refractivity contribution is 5.95. The number of anilines is 1. The van der Waals surface area contributed by atoms with Crippen molar-refractivity contribution in [3.05, 3.63) is 29.8 Å². The number of nitrogens with zero attached hydrogens (tertiary/aromatic N) is 2. The number of amides is 1. The number of benzene rings is 1. The number of carbonyl (C=O) groups is 2. The predicted molar refractivity (Wildman–Crippen MR) is 94.4 cm³/mol. The molecule has 3 aliphatic rings. The number of carboxylic acid groups (broad SMARTS) is 1. The Labute approximate surface area is 152 Å². The molecule has 0 saturated carbocycles. The molecular formula is C19H24N2O5. The Bertz CT molecular complexity index is 686. The number of ether oxygens (including phenoxy) is 2. The van der Waals surface area contributed by atoms with Crippen LogP contribution in [-0.4, -0.2) is 74.5 Å². The van der Waals surface area contributed by atoms with Gasteiger partial charge in [-0.25, -0.2) is 0 Å². The first-order valence-corrected chi connectivity index (χ1v) is 9.13. The SMILES string of the molecule is O=C(c1ccc(N2CCOCC2)cc1)N1C[C@H]2COCC[C@@]2(C(=O)O)C1. The van der Waals surface area contributed by atoms with Gasteiger partial charge in [-0.1, -0.05) is 0 Å². The molecule has 0 aromatic heterocycles. The molecule has 1 aromatic rings. The van der Waals surface area contributed by atoms with E-state index in [9.17, 15) is 14.7 Å². The summed E-state index contributed by atoms with van der Waals surface area (Å²) in [5.41, 5.74) is 0.819. The van der Waals surface area contributed by atoms with Gasteiger partial charge in [-0.2, -0.15) is 0 Å². The minimum absolute atomic E-state index is 0.103. The molecule has 0 aliphatic carbocycles. The lowest BCUT2D eigenvalue weighted by Gasteiger charge is -2.33. The lowest BCUT2D eigenvalue weighted by molar-refractivity contribution is -0.157. The number of carboxylic acids is 1. The fourth-order valence-corrected chi connectivity index (χ4v) is 4.27. The molecule has 1 N–H and O–H groups in total. The molecule has 0 radical (unpaired) electrons. The number of likely N-dealkylation sites (tertiary alicyclic amines) is 1. The van der Waals surface area contributed by atoms with Gasteiger partial charge < -0.3 is 24.4 Å². The van der Waals surface area contributed by atoms with Crippen LogP contribution in [0.3, 0.4) is 0 Å². The van der Waals surface area contributed by atoms with Crippen LogP contribution in [-0.2, 0) is 14.3 Å². The van der Waals surface area contributed by atoms with E-state index in [0.717, 1.165) is 32.0 Å². The molecule has 4 rings (SSSR count). The van der Waals surface area contributed by atoms with E-state index >= 15 is 0 Å². The average Bonchev–Trinajstić information content (AvgIpc) is 3.09. The summed E-state index contributed by atoms with van der Waals surface area (Å²) in [6, 6.07) is 7.58. The lowest BCUT2D eigenvalue weighted by Crippen LogP contribution is -2.45. The van der Waals surface area contributed by atoms with Crippen LogP contribution in [0, 0.1) is 11.3 Å². The van der Waals surface area contributed by atoms with E-state index in [1.807, 2.05) is 24.3 Å². The second kappa shape index (κ2) is 6.89. The van der Waals surface area contributed by atoms with Crippen LogP contribution in [0.15, 0.2) is 24.3 Å². The summed E-state index contributed by atoms with van der Waals surface area (Å²) >= 11 is 0. The topological polar surface area (TPSA) is 79.3 Å². The maximum Gasteiger partial charge on any atom is 0.311 e. The molecule has 7 nitrogen and oxygen atoms in total. The van der Waals surface area contributed by atoms with Crippen molar-refractivity contribution in [2.24, 2.45) is 11.3 Å². The summed E-state index contributed by atoms with van der Waals surface area (Å²) in [6.45, 7) is 4.69. The Morgan fingerprint density at radius 2 is 1.81 bits per heavy atom. The average molecular weight is 360 g/mol. The number of morpholine rings is 1. The number of hydrogen-bond donors (Lipinski definition) is 1. The summed E-state index contributed by atoms with van der Waals surface area (Å²) in [6.07, 6.45) is 0.465. The Hall–Kier alpha value is -2.12. The van der Waals surface area contributed by atoms with Gasteiger partial charge in [-0.3, -0.25) is 9.59 Å². The first-order valence-electron chi connectivity index (χ1n) is 9.13. The van der Waals surface area contributed by atoms with Crippen LogP contribution in [0.4, 0.5) is 5.69 Å². The van der Waals surface area contributed by atoms with Crippen molar-refractivity contribution in [3.8, 4) is 0 Å². The van der Waals surface area contributed by atoms with Crippen LogP contribution >= 0.6 is 0 Å². The molecule has 1 amide bonds. The van der Waals surface area contributed by atoms with Crippen LogP contribution in [0.1, 0.15) is 16.8 Å². The highest BCUT2D eigenvalue weighted by atomic mass is 16.5. The van der Waals surface area contributed by atoms with E-state index in [4.69, 9.17) is 9.47 Å². The maximum absolute atomic E-state index is 12.9. The van der Waals surface area contributed by atoms with E-state index in [1.165, 1.54) is 0 Å². The van der Waals surface area contributed by atoms with Crippen LogP contribution in [0.2, 0.25) is 0 Å². The van der Waals surface area contributed by atoms with Crippen LogP contribution in [0.25, 0.3) is 0 Å². The number of carbonyl (C=O) groups excluding carboxylic acids is 1. The molecule has 0 bridgehead atoms.